The molecule has 0 radical (unpaired) electrons. The maximum Gasteiger partial charge on any atom is 0.237 e. The molecule has 0 bridgehead atoms. The third-order valence-electron chi connectivity index (χ3n) is 2.49. The van der Waals surface area contributed by atoms with E-state index in [9.17, 15) is 13.6 Å². The van der Waals surface area contributed by atoms with Gasteiger partial charge in [0.1, 0.15) is 11.6 Å². The number of nitrogens with one attached hydrogen (secondary N) is 1. The lowest BCUT2D eigenvalue weighted by molar-refractivity contribution is -0.115. The van der Waals surface area contributed by atoms with Crippen LogP contribution in [0.25, 0.3) is 0 Å². The van der Waals surface area contributed by atoms with Crippen LogP contribution >= 0.6 is 11.8 Å². The van der Waals surface area contributed by atoms with Crippen molar-refractivity contribution in [3.63, 3.8) is 0 Å². The number of nitrogens with two attached hydrogens (primary N) is 2. The molecule has 0 aliphatic rings. The number of hydrogen-bond acceptors (Lipinski definition) is 7. The molecule has 0 aliphatic carbocycles. The van der Waals surface area contributed by atoms with Gasteiger partial charge in [-0.3, -0.25) is 4.79 Å². The second-order valence-electron chi connectivity index (χ2n) is 4.21. The second-order valence-corrected chi connectivity index (χ2v) is 5.52. The van der Waals surface area contributed by atoms with Gasteiger partial charge in [0.2, 0.25) is 17.8 Å². The van der Waals surface area contributed by atoms with Gasteiger partial charge >= 0.3 is 0 Å². The minimum atomic E-state index is -0.736. The van der Waals surface area contributed by atoms with Crippen molar-refractivity contribution < 1.29 is 13.6 Å². The highest BCUT2D eigenvalue weighted by atomic mass is 32.2. The van der Waals surface area contributed by atoms with E-state index in [1.807, 2.05) is 0 Å². The predicted octanol–water partition coefficient (Wildman–Crippen LogP) is 1.43. The fourth-order valence-corrected chi connectivity index (χ4v) is 2.25. The van der Waals surface area contributed by atoms with E-state index in [0.29, 0.717) is 0 Å². The third kappa shape index (κ3) is 4.01. The number of thioether (sulfide) groups is 1. The molecule has 1 unspecified atom stereocenters. The van der Waals surface area contributed by atoms with Gasteiger partial charge < -0.3 is 16.8 Å². The van der Waals surface area contributed by atoms with Crippen molar-refractivity contribution in [3.8, 4) is 0 Å². The zero-order chi connectivity index (χ0) is 16.3. The van der Waals surface area contributed by atoms with Crippen LogP contribution in [0, 0.1) is 11.6 Å². The van der Waals surface area contributed by atoms with Gasteiger partial charge in [0.05, 0.1) is 10.9 Å². The highest BCUT2D eigenvalue weighted by molar-refractivity contribution is 8.00. The minimum Gasteiger partial charge on any atom is -0.368 e. The van der Waals surface area contributed by atoms with Crippen molar-refractivity contribution in [1.29, 1.82) is 0 Å². The predicted molar refractivity (Wildman–Crippen MR) is 79.0 cm³/mol. The van der Waals surface area contributed by atoms with E-state index >= 15 is 0 Å². The lowest BCUT2D eigenvalue weighted by Crippen LogP contribution is -2.23. The summed E-state index contributed by atoms with van der Waals surface area (Å²) in [5, 5.41) is 1.76. The van der Waals surface area contributed by atoms with Crippen molar-refractivity contribution in [2.24, 2.45) is 0 Å². The van der Waals surface area contributed by atoms with E-state index in [1.165, 1.54) is 0 Å². The van der Waals surface area contributed by atoms with Gasteiger partial charge in [0, 0.05) is 6.07 Å². The molecule has 0 spiro atoms. The van der Waals surface area contributed by atoms with Crippen molar-refractivity contribution in [3.05, 3.63) is 29.8 Å². The molecule has 1 amide bonds. The molecular weight excluding hydrogens is 314 g/mol. The highest BCUT2D eigenvalue weighted by Gasteiger charge is 2.18. The molecule has 0 saturated carbocycles. The topological polar surface area (TPSA) is 120 Å². The molecule has 2 rings (SSSR count). The van der Waals surface area contributed by atoms with Crippen molar-refractivity contribution >= 4 is 35.3 Å². The molecule has 0 fully saturated rings. The zero-order valence-electron chi connectivity index (χ0n) is 11.4. The van der Waals surface area contributed by atoms with Gasteiger partial charge in [0.15, 0.2) is 5.16 Å². The Balaban J connectivity index is 2.07. The number of nitrogens with zero attached hydrogens (tertiary/aromatic N) is 3. The van der Waals surface area contributed by atoms with E-state index in [1.54, 1.807) is 6.92 Å². The lowest BCUT2D eigenvalue weighted by atomic mass is 10.3. The monoisotopic (exact) mass is 326 g/mol. The van der Waals surface area contributed by atoms with Crippen LogP contribution in [0.5, 0.6) is 0 Å². The maximum absolute atomic E-state index is 13.5. The van der Waals surface area contributed by atoms with E-state index in [0.717, 1.165) is 30.0 Å². The molecule has 116 valence electrons. The molecule has 0 saturated heterocycles. The van der Waals surface area contributed by atoms with Crippen LogP contribution < -0.4 is 16.8 Å². The third-order valence-corrected chi connectivity index (χ3v) is 3.45. The molecule has 0 aliphatic heterocycles. The van der Waals surface area contributed by atoms with Crippen LogP contribution in [-0.2, 0) is 4.79 Å². The molecule has 1 aromatic carbocycles. The molecule has 7 nitrogen and oxygen atoms in total. The Morgan fingerprint density at radius 1 is 1.23 bits per heavy atom. The lowest BCUT2D eigenvalue weighted by Gasteiger charge is -2.12. The summed E-state index contributed by atoms with van der Waals surface area (Å²) >= 11 is 0.959. The first-order chi connectivity index (χ1) is 10.3. The Hall–Kier alpha value is -2.49. The Morgan fingerprint density at radius 2 is 1.86 bits per heavy atom. The number of hydrogen-bond donors (Lipinski definition) is 3. The van der Waals surface area contributed by atoms with Crippen LogP contribution in [0.1, 0.15) is 6.92 Å². The van der Waals surface area contributed by atoms with Gasteiger partial charge in [-0.05, 0) is 19.1 Å². The molecule has 10 heteroatoms. The fraction of sp³-hybridized carbons (Fsp3) is 0.167. The minimum absolute atomic E-state index is 0.0706. The zero-order valence-corrected chi connectivity index (χ0v) is 12.2. The molecule has 1 atom stereocenters. The average molecular weight is 326 g/mol. The summed E-state index contributed by atoms with van der Waals surface area (Å²) in [5.74, 6) is -2.08. The molecule has 1 aromatic heterocycles. The number of halogens is 2. The summed E-state index contributed by atoms with van der Waals surface area (Å²) in [6.45, 7) is 1.55. The smallest absolute Gasteiger partial charge is 0.237 e. The van der Waals surface area contributed by atoms with Crippen LogP contribution in [0.4, 0.5) is 26.4 Å². The molecular formula is C12H12F2N6OS. The van der Waals surface area contributed by atoms with E-state index in [-0.39, 0.29) is 22.7 Å². The SMILES string of the molecule is CC(Sc1nc(N)nc(N)n1)C(=O)Nc1cc(F)ccc1F. The molecule has 1 heterocycles. The average Bonchev–Trinajstić information content (AvgIpc) is 2.41. The largest absolute Gasteiger partial charge is 0.368 e. The first-order valence-electron chi connectivity index (χ1n) is 6.04. The standard InChI is InChI=1S/C12H12F2N6OS/c1-5(22-12-19-10(15)18-11(16)20-12)9(21)17-8-4-6(13)2-3-7(8)14/h2-5H,1H3,(H,17,21)(H4,15,16,18,19,20). The summed E-state index contributed by atoms with van der Waals surface area (Å²) in [5.41, 5.74) is 10.6. The van der Waals surface area contributed by atoms with Gasteiger partial charge in [-0.25, -0.2) is 8.78 Å². The Bertz CT molecular complexity index is 694. The number of carbonyl (C=O) groups excluding carboxylic acids is 1. The van der Waals surface area contributed by atoms with Crippen LogP contribution in [0.3, 0.4) is 0 Å². The number of carbonyl (C=O) groups is 1. The number of amides is 1. The van der Waals surface area contributed by atoms with Crippen LogP contribution in [0.15, 0.2) is 23.4 Å². The van der Waals surface area contributed by atoms with Crippen LogP contribution in [-0.4, -0.2) is 26.1 Å². The first kappa shape index (κ1) is 15.9. The number of anilines is 3. The summed E-state index contributed by atoms with van der Waals surface area (Å²) in [6.07, 6.45) is 0. The van der Waals surface area contributed by atoms with Gasteiger partial charge in [-0.15, -0.1) is 0 Å². The number of nitrogen functional groups attached to an aromatic ring is 2. The Morgan fingerprint density at radius 3 is 2.50 bits per heavy atom. The highest BCUT2D eigenvalue weighted by Crippen LogP contribution is 2.22. The van der Waals surface area contributed by atoms with Gasteiger partial charge in [-0.1, -0.05) is 11.8 Å². The Labute approximate surface area is 128 Å². The Kier molecular flexibility index (Phi) is 4.71. The summed E-state index contributed by atoms with van der Waals surface area (Å²) in [6, 6.07) is 2.78. The van der Waals surface area contributed by atoms with E-state index in [2.05, 4.69) is 20.3 Å². The van der Waals surface area contributed by atoms with Gasteiger partial charge in [0.25, 0.3) is 0 Å². The summed E-state index contributed by atoms with van der Waals surface area (Å²) in [4.78, 5) is 23.2. The number of rotatable bonds is 4. The molecule has 5 N–H and O–H groups in total. The summed E-state index contributed by atoms with van der Waals surface area (Å²) in [7, 11) is 0. The first-order valence-corrected chi connectivity index (χ1v) is 6.92. The van der Waals surface area contributed by atoms with Gasteiger partial charge in [-0.2, -0.15) is 15.0 Å². The van der Waals surface area contributed by atoms with E-state index in [4.69, 9.17) is 11.5 Å². The van der Waals surface area contributed by atoms with E-state index < -0.39 is 22.8 Å². The quantitative estimate of drug-likeness (QED) is 0.727. The maximum atomic E-state index is 13.5. The second kappa shape index (κ2) is 6.52. The molecule has 2 aromatic rings. The van der Waals surface area contributed by atoms with Crippen molar-refractivity contribution in [1.82, 2.24) is 15.0 Å². The summed E-state index contributed by atoms with van der Waals surface area (Å²) < 4.78 is 26.5. The normalized spacial score (nSPS) is 12.0. The molecule has 22 heavy (non-hydrogen) atoms. The fourth-order valence-electron chi connectivity index (χ4n) is 1.48. The number of benzene rings is 1. The number of aromatic nitrogens is 3. The van der Waals surface area contributed by atoms with Crippen molar-refractivity contribution in [2.75, 3.05) is 16.8 Å². The van der Waals surface area contributed by atoms with Crippen molar-refractivity contribution in [2.45, 2.75) is 17.3 Å². The van der Waals surface area contributed by atoms with Crippen LogP contribution in [0.2, 0.25) is 0 Å².